The maximum absolute atomic E-state index is 6.10. The number of ether oxygens (including phenoxy) is 3. The van der Waals surface area contributed by atoms with Crippen LogP contribution in [0.4, 0.5) is 0 Å². The van der Waals surface area contributed by atoms with Gasteiger partial charge in [0.25, 0.3) is 0 Å². The summed E-state index contributed by atoms with van der Waals surface area (Å²) in [6, 6.07) is 8.22. The van der Waals surface area contributed by atoms with Crippen molar-refractivity contribution in [1.29, 1.82) is 0 Å². The molecule has 3 nitrogen and oxygen atoms in total. The first-order valence-corrected chi connectivity index (χ1v) is 10.4. The molecular weight excluding hydrogens is 336 g/mol. The van der Waals surface area contributed by atoms with E-state index < -0.39 is 11.4 Å². The van der Waals surface area contributed by atoms with Gasteiger partial charge >= 0.3 is 0 Å². The van der Waals surface area contributed by atoms with Crippen molar-refractivity contribution in [3.8, 4) is 5.75 Å². The minimum atomic E-state index is -0.592. The zero-order chi connectivity index (χ0) is 19.6. The Hall–Kier alpha value is -1.58. The third-order valence-electron chi connectivity index (χ3n) is 4.93. The molecule has 0 N–H and O–H groups in total. The van der Waals surface area contributed by atoms with E-state index in [1.54, 1.807) is 0 Å². The van der Waals surface area contributed by atoms with E-state index >= 15 is 0 Å². The van der Waals surface area contributed by atoms with Crippen LogP contribution in [0.2, 0.25) is 0 Å². The molecule has 150 valence electrons. The molecule has 3 heteroatoms. The smallest absolute Gasteiger partial charge is 0.164 e. The van der Waals surface area contributed by atoms with Gasteiger partial charge in [-0.05, 0) is 44.0 Å². The van der Waals surface area contributed by atoms with Gasteiger partial charge in [-0.1, -0.05) is 69.9 Å². The van der Waals surface area contributed by atoms with Gasteiger partial charge in [-0.15, -0.1) is 0 Å². The lowest BCUT2D eigenvalue weighted by Gasteiger charge is -2.41. The van der Waals surface area contributed by atoms with E-state index in [-0.39, 0.29) is 0 Å². The van der Waals surface area contributed by atoms with E-state index in [4.69, 9.17) is 14.2 Å². The highest BCUT2D eigenvalue weighted by Crippen LogP contribution is 2.33. The highest BCUT2D eigenvalue weighted by molar-refractivity contribution is 5.52. The molecule has 0 spiro atoms. The Balaban J connectivity index is 1.80. The van der Waals surface area contributed by atoms with Crippen molar-refractivity contribution in [2.24, 2.45) is 0 Å². The molecular formula is C24H36O3. The molecule has 1 aromatic rings. The van der Waals surface area contributed by atoms with Crippen molar-refractivity contribution in [2.45, 2.75) is 77.1 Å². The molecule has 27 heavy (non-hydrogen) atoms. The molecule has 1 heterocycles. The topological polar surface area (TPSA) is 27.7 Å². The van der Waals surface area contributed by atoms with Crippen LogP contribution in [0.25, 0.3) is 6.08 Å². The second-order valence-electron chi connectivity index (χ2n) is 7.78. The standard InChI is InChI=1S/C24H36O3/c1-5-7-8-9-10-11-19-25-22-14-12-21(13-15-22)16-17-24(6-2)18-20-26-23(3,4)27-24/h6,12-17H,2,5,7-11,18-20H2,1,3-4H3/b17-16+. The summed E-state index contributed by atoms with van der Waals surface area (Å²) >= 11 is 0. The summed E-state index contributed by atoms with van der Waals surface area (Å²) in [6.07, 6.45) is 14.5. The summed E-state index contributed by atoms with van der Waals surface area (Å²) in [6.45, 7) is 11.5. The van der Waals surface area contributed by atoms with Gasteiger partial charge in [0, 0.05) is 6.42 Å². The van der Waals surface area contributed by atoms with Gasteiger partial charge in [0.05, 0.1) is 13.2 Å². The molecule has 2 rings (SSSR count). The van der Waals surface area contributed by atoms with Crippen LogP contribution in [0.5, 0.6) is 5.75 Å². The van der Waals surface area contributed by atoms with E-state index in [9.17, 15) is 0 Å². The van der Waals surface area contributed by atoms with E-state index in [1.807, 2.05) is 32.1 Å². The molecule has 0 radical (unpaired) electrons. The lowest BCUT2D eigenvalue weighted by Crippen LogP contribution is -2.46. The van der Waals surface area contributed by atoms with E-state index in [0.29, 0.717) is 6.61 Å². The largest absolute Gasteiger partial charge is 0.494 e. The van der Waals surface area contributed by atoms with Crippen LogP contribution in [0.3, 0.4) is 0 Å². The zero-order valence-corrected chi connectivity index (χ0v) is 17.3. The molecule has 0 aromatic heterocycles. The molecule has 1 aliphatic heterocycles. The second kappa shape index (κ2) is 10.7. The van der Waals surface area contributed by atoms with Crippen molar-refractivity contribution < 1.29 is 14.2 Å². The van der Waals surface area contributed by atoms with Gasteiger partial charge in [-0.3, -0.25) is 0 Å². The number of hydrogen-bond acceptors (Lipinski definition) is 3. The van der Waals surface area contributed by atoms with Gasteiger partial charge in [-0.2, -0.15) is 0 Å². The van der Waals surface area contributed by atoms with Crippen LogP contribution in [-0.4, -0.2) is 24.6 Å². The van der Waals surface area contributed by atoms with Crippen LogP contribution in [-0.2, 0) is 9.47 Å². The molecule has 1 fully saturated rings. The number of rotatable bonds is 11. The lowest BCUT2D eigenvalue weighted by atomic mass is 9.96. The lowest BCUT2D eigenvalue weighted by molar-refractivity contribution is -0.284. The molecule has 1 unspecified atom stereocenters. The fourth-order valence-corrected chi connectivity index (χ4v) is 3.31. The monoisotopic (exact) mass is 372 g/mol. The molecule has 1 atom stereocenters. The van der Waals surface area contributed by atoms with Crippen LogP contribution < -0.4 is 4.74 Å². The highest BCUT2D eigenvalue weighted by atomic mass is 16.7. The Bertz CT molecular complexity index is 588. The molecule has 1 aromatic carbocycles. The Morgan fingerprint density at radius 2 is 1.78 bits per heavy atom. The fourth-order valence-electron chi connectivity index (χ4n) is 3.31. The fraction of sp³-hybridized carbons (Fsp3) is 0.583. The zero-order valence-electron chi connectivity index (χ0n) is 17.3. The molecule has 0 amide bonds. The van der Waals surface area contributed by atoms with Crippen molar-refractivity contribution in [1.82, 2.24) is 0 Å². The molecule has 0 aliphatic carbocycles. The SMILES string of the molecule is C=CC1(/C=C/c2ccc(OCCCCCCCC)cc2)CCOC(C)(C)O1. The summed E-state index contributed by atoms with van der Waals surface area (Å²) in [5, 5.41) is 0. The molecule has 0 bridgehead atoms. The van der Waals surface area contributed by atoms with Gasteiger partial charge in [0.2, 0.25) is 0 Å². The number of benzene rings is 1. The van der Waals surface area contributed by atoms with E-state index in [1.165, 1.54) is 32.1 Å². The molecule has 1 saturated heterocycles. The van der Waals surface area contributed by atoms with Crippen LogP contribution >= 0.6 is 0 Å². The Morgan fingerprint density at radius 3 is 2.44 bits per heavy atom. The van der Waals surface area contributed by atoms with E-state index in [2.05, 4.69) is 37.8 Å². The van der Waals surface area contributed by atoms with Gasteiger partial charge in [0.1, 0.15) is 11.4 Å². The number of unbranched alkanes of at least 4 members (excludes halogenated alkanes) is 5. The normalized spacial score (nSPS) is 22.0. The summed E-state index contributed by atoms with van der Waals surface area (Å²) in [5.74, 6) is 0.341. The average Bonchev–Trinajstić information content (AvgIpc) is 2.66. The number of hydrogen-bond donors (Lipinski definition) is 0. The third kappa shape index (κ3) is 7.51. The van der Waals surface area contributed by atoms with Crippen molar-refractivity contribution >= 4 is 6.08 Å². The summed E-state index contributed by atoms with van der Waals surface area (Å²) in [7, 11) is 0. The quantitative estimate of drug-likeness (QED) is 0.326. The van der Waals surface area contributed by atoms with Gasteiger partial charge in [-0.25, -0.2) is 0 Å². The van der Waals surface area contributed by atoms with Crippen molar-refractivity contribution in [3.63, 3.8) is 0 Å². The van der Waals surface area contributed by atoms with Crippen LogP contribution in [0, 0.1) is 0 Å². The van der Waals surface area contributed by atoms with Gasteiger partial charge < -0.3 is 14.2 Å². The first kappa shape index (κ1) is 21.7. The van der Waals surface area contributed by atoms with Gasteiger partial charge in [0.15, 0.2) is 5.79 Å². The maximum Gasteiger partial charge on any atom is 0.164 e. The Morgan fingerprint density at radius 1 is 1.07 bits per heavy atom. The predicted octanol–water partition coefficient (Wildman–Crippen LogP) is 6.54. The minimum Gasteiger partial charge on any atom is -0.494 e. The summed E-state index contributed by atoms with van der Waals surface area (Å²) < 4.78 is 17.6. The Kier molecular flexibility index (Phi) is 8.59. The van der Waals surface area contributed by atoms with Crippen molar-refractivity contribution in [2.75, 3.05) is 13.2 Å². The van der Waals surface area contributed by atoms with Crippen molar-refractivity contribution in [3.05, 3.63) is 48.6 Å². The highest BCUT2D eigenvalue weighted by Gasteiger charge is 2.37. The molecule has 1 aliphatic rings. The first-order valence-electron chi connectivity index (χ1n) is 10.4. The maximum atomic E-state index is 6.10. The average molecular weight is 373 g/mol. The van der Waals surface area contributed by atoms with Crippen LogP contribution in [0.1, 0.15) is 71.3 Å². The molecule has 0 saturated carbocycles. The second-order valence-corrected chi connectivity index (χ2v) is 7.78. The minimum absolute atomic E-state index is 0.477. The predicted molar refractivity (Wildman–Crippen MR) is 113 cm³/mol. The Labute approximate surface area is 165 Å². The summed E-state index contributed by atoms with van der Waals surface area (Å²) in [4.78, 5) is 0. The van der Waals surface area contributed by atoms with Crippen LogP contribution in [0.15, 0.2) is 43.0 Å². The third-order valence-corrected chi connectivity index (χ3v) is 4.93. The summed E-state index contributed by atoms with van der Waals surface area (Å²) in [5.41, 5.74) is 0.644. The first-order chi connectivity index (χ1) is 13.0. The van der Waals surface area contributed by atoms with E-state index in [0.717, 1.165) is 30.8 Å².